The lowest BCUT2D eigenvalue weighted by Gasteiger charge is -2.08. The molecule has 0 amide bonds. The zero-order valence-electron chi connectivity index (χ0n) is 12.4. The van der Waals surface area contributed by atoms with Crippen LogP contribution >= 0.6 is 0 Å². The largest absolute Gasteiger partial charge is 0.319 e. The Hall–Kier alpha value is -2.89. The summed E-state index contributed by atoms with van der Waals surface area (Å²) in [7, 11) is 0. The number of aromatic amines is 1. The van der Waals surface area contributed by atoms with E-state index in [0.29, 0.717) is 5.52 Å². The molecule has 1 aromatic carbocycles. The van der Waals surface area contributed by atoms with Gasteiger partial charge in [0, 0.05) is 24.5 Å². The Kier molecular flexibility index (Phi) is 2.66. The molecule has 0 aliphatic heterocycles. The SMILES string of the molecule is CCc1nc(C)c2c(=O)[nH]c3ccc(-n4ccnc4)cc3n12. The molecule has 0 fully saturated rings. The van der Waals surface area contributed by atoms with Crippen LogP contribution in [0.4, 0.5) is 0 Å². The molecule has 0 spiro atoms. The molecule has 22 heavy (non-hydrogen) atoms. The van der Waals surface area contributed by atoms with Gasteiger partial charge in [0.1, 0.15) is 11.3 Å². The molecule has 0 saturated carbocycles. The number of hydrogen-bond acceptors (Lipinski definition) is 3. The first-order chi connectivity index (χ1) is 10.7. The molecule has 0 aliphatic carbocycles. The number of imidazole rings is 2. The zero-order chi connectivity index (χ0) is 15.3. The van der Waals surface area contributed by atoms with E-state index in [1.807, 2.05) is 47.2 Å². The van der Waals surface area contributed by atoms with Crippen LogP contribution in [0.3, 0.4) is 0 Å². The lowest BCUT2D eigenvalue weighted by molar-refractivity contribution is 0.942. The van der Waals surface area contributed by atoms with Crippen molar-refractivity contribution in [2.45, 2.75) is 20.3 Å². The molecule has 1 N–H and O–H groups in total. The molecule has 4 rings (SSSR count). The van der Waals surface area contributed by atoms with Crippen molar-refractivity contribution in [3.8, 4) is 5.69 Å². The second-order valence-electron chi connectivity index (χ2n) is 5.28. The minimum Gasteiger partial charge on any atom is -0.319 e. The van der Waals surface area contributed by atoms with E-state index < -0.39 is 0 Å². The van der Waals surface area contributed by atoms with Crippen molar-refractivity contribution < 1.29 is 0 Å². The maximum atomic E-state index is 12.3. The highest BCUT2D eigenvalue weighted by Gasteiger charge is 2.14. The molecule has 3 aromatic heterocycles. The van der Waals surface area contributed by atoms with Gasteiger partial charge in [-0.1, -0.05) is 6.92 Å². The summed E-state index contributed by atoms with van der Waals surface area (Å²) in [5.74, 6) is 0.895. The normalized spacial score (nSPS) is 11.5. The average molecular weight is 293 g/mol. The van der Waals surface area contributed by atoms with Crippen LogP contribution in [0, 0.1) is 6.92 Å². The van der Waals surface area contributed by atoms with E-state index in [4.69, 9.17) is 0 Å². The fourth-order valence-corrected chi connectivity index (χ4v) is 2.91. The maximum absolute atomic E-state index is 12.3. The molecule has 0 saturated heterocycles. The first kappa shape index (κ1) is 12.8. The van der Waals surface area contributed by atoms with Crippen LogP contribution in [0.5, 0.6) is 0 Å². The van der Waals surface area contributed by atoms with Gasteiger partial charge in [0.05, 0.1) is 23.1 Å². The Morgan fingerprint density at radius 2 is 2.18 bits per heavy atom. The highest BCUT2D eigenvalue weighted by molar-refractivity contribution is 5.81. The molecule has 3 heterocycles. The van der Waals surface area contributed by atoms with E-state index in [-0.39, 0.29) is 5.56 Å². The van der Waals surface area contributed by atoms with Crippen LogP contribution in [-0.2, 0) is 6.42 Å². The fourth-order valence-electron chi connectivity index (χ4n) is 2.91. The maximum Gasteiger partial charge on any atom is 0.274 e. The fraction of sp³-hybridized carbons (Fsp3) is 0.188. The predicted octanol–water partition coefficient (Wildman–Crippen LogP) is 2.23. The van der Waals surface area contributed by atoms with Crippen molar-refractivity contribution in [3.63, 3.8) is 0 Å². The van der Waals surface area contributed by atoms with Crippen LogP contribution < -0.4 is 5.56 Å². The van der Waals surface area contributed by atoms with E-state index in [1.165, 1.54) is 0 Å². The van der Waals surface area contributed by atoms with Crippen molar-refractivity contribution in [2.24, 2.45) is 0 Å². The van der Waals surface area contributed by atoms with Crippen molar-refractivity contribution in [2.75, 3.05) is 0 Å². The van der Waals surface area contributed by atoms with Gasteiger partial charge in [0.2, 0.25) is 0 Å². The highest BCUT2D eigenvalue weighted by atomic mass is 16.1. The smallest absolute Gasteiger partial charge is 0.274 e. The summed E-state index contributed by atoms with van der Waals surface area (Å²) >= 11 is 0. The minimum atomic E-state index is -0.104. The molecule has 6 heteroatoms. The first-order valence-electron chi connectivity index (χ1n) is 7.21. The van der Waals surface area contributed by atoms with Crippen molar-refractivity contribution >= 4 is 16.6 Å². The number of fused-ring (bicyclic) bond motifs is 3. The van der Waals surface area contributed by atoms with Crippen LogP contribution in [-0.4, -0.2) is 23.9 Å². The van der Waals surface area contributed by atoms with Crippen molar-refractivity contribution in [3.05, 3.63) is 58.8 Å². The quantitative estimate of drug-likeness (QED) is 0.616. The topological polar surface area (TPSA) is 68.0 Å². The van der Waals surface area contributed by atoms with Gasteiger partial charge in [0.15, 0.2) is 0 Å². The summed E-state index contributed by atoms with van der Waals surface area (Å²) in [6.45, 7) is 3.91. The van der Waals surface area contributed by atoms with Gasteiger partial charge in [-0.2, -0.15) is 0 Å². The summed E-state index contributed by atoms with van der Waals surface area (Å²) in [6, 6.07) is 5.92. The average Bonchev–Trinajstić information content (AvgIpc) is 3.15. The molecule has 0 radical (unpaired) electrons. The van der Waals surface area contributed by atoms with Crippen LogP contribution in [0.15, 0.2) is 41.7 Å². The van der Waals surface area contributed by atoms with Crippen molar-refractivity contribution in [1.82, 2.24) is 23.9 Å². The van der Waals surface area contributed by atoms with Gasteiger partial charge in [-0.3, -0.25) is 9.20 Å². The molecular formula is C16H15N5O. The molecule has 6 nitrogen and oxygen atoms in total. The molecule has 4 aromatic rings. The second-order valence-corrected chi connectivity index (χ2v) is 5.28. The first-order valence-corrected chi connectivity index (χ1v) is 7.21. The van der Waals surface area contributed by atoms with Gasteiger partial charge in [-0.15, -0.1) is 0 Å². The number of aryl methyl sites for hydroxylation is 2. The molecular weight excluding hydrogens is 278 g/mol. The third kappa shape index (κ3) is 1.70. The van der Waals surface area contributed by atoms with E-state index >= 15 is 0 Å². The summed E-state index contributed by atoms with van der Waals surface area (Å²) in [4.78, 5) is 23.9. The second kappa shape index (κ2) is 4.56. The van der Waals surface area contributed by atoms with Gasteiger partial charge in [-0.25, -0.2) is 9.97 Å². The standard InChI is InChI=1S/C16H15N5O/c1-3-14-18-10(2)15-16(22)19-12-5-4-11(8-13(12)21(14)15)20-7-6-17-9-20/h4-9H,3H2,1-2H3,(H,19,22). The van der Waals surface area contributed by atoms with Crippen LogP contribution in [0.2, 0.25) is 0 Å². The van der Waals surface area contributed by atoms with Gasteiger partial charge >= 0.3 is 0 Å². The highest BCUT2D eigenvalue weighted by Crippen LogP contribution is 2.20. The number of hydrogen-bond donors (Lipinski definition) is 1. The van der Waals surface area contributed by atoms with E-state index in [1.54, 1.807) is 12.5 Å². The molecule has 0 unspecified atom stereocenters. The molecule has 0 aliphatic rings. The monoisotopic (exact) mass is 293 g/mol. The Labute approximate surface area is 126 Å². The van der Waals surface area contributed by atoms with E-state index in [0.717, 1.165) is 34.7 Å². The van der Waals surface area contributed by atoms with Crippen molar-refractivity contribution in [1.29, 1.82) is 0 Å². The number of rotatable bonds is 2. The summed E-state index contributed by atoms with van der Waals surface area (Å²) < 4.78 is 3.90. The lowest BCUT2D eigenvalue weighted by Crippen LogP contribution is -2.12. The summed E-state index contributed by atoms with van der Waals surface area (Å²) in [5, 5.41) is 0. The van der Waals surface area contributed by atoms with Gasteiger partial charge in [-0.05, 0) is 25.1 Å². The Morgan fingerprint density at radius 1 is 1.32 bits per heavy atom. The molecule has 0 bridgehead atoms. The van der Waals surface area contributed by atoms with Crippen LogP contribution in [0.1, 0.15) is 18.4 Å². The summed E-state index contributed by atoms with van der Waals surface area (Å²) in [6.07, 6.45) is 6.15. The number of nitrogens with one attached hydrogen (secondary N) is 1. The Bertz CT molecular complexity index is 1040. The van der Waals surface area contributed by atoms with Gasteiger partial charge in [0.25, 0.3) is 5.56 Å². The molecule has 0 atom stereocenters. The minimum absolute atomic E-state index is 0.104. The van der Waals surface area contributed by atoms with Gasteiger partial charge < -0.3 is 9.55 Å². The van der Waals surface area contributed by atoms with E-state index in [2.05, 4.69) is 15.0 Å². The Balaban J connectivity index is 2.16. The number of H-pyrrole nitrogens is 1. The third-order valence-electron chi connectivity index (χ3n) is 3.93. The zero-order valence-corrected chi connectivity index (χ0v) is 12.4. The number of benzene rings is 1. The molecule has 110 valence electrons. The third-order valence-corrected chi connectivity index (χ3v) is 3.93. The Morgan fingerprint density at radius 3 is 2.91 bits per heavy atom. The number of aromatic nitrogens is 5. The van der Waals surface area contributed by atoms with E-state index in [9.17, 15) is 4.79 Å². The number of nitrogens with zero attached hydrogens (tertiary/aromatic N) is 4. The predicted molar refractivity (Wildman–Crippen MR) is 84.6 cm³/mol. The van der Waals surface area contributed by atoms with Crippen LogP contribution in [0.25, 0.3) is 22.2 Å². The lowest BCUT2D eigenvalue weighted by atomic mass is 10.2. The summed E-state index contributed by atoms with van der Waals surface area (Å²) in [5.41, 5.74) is 4.01.